The van der Waals surface area contributed by atoms with Gasteiger partial charge in [0, 0.05) is 17.6 Å². The molecule has 1 aliphatic rings. The number of carbonyl (C=O) groups excluding carboxylic acids is 2. The molecule has 0 aliphatic carbocycles. The molecule has 0 spiro atoms. The SMILES string of the molecule is Cc1ccsc1C(C)Nc1ccc2c(c1)C(=O)N(C)C2=O. The first-order chi connectivity index (χ1) is 9.99. The summed E-state index contributed by atoms with van der Waals surface area (Å²) in [5.74, 6) is -0.470. The summed E-state index contributed by atoms with van der Waals surface area (Å²) in [4.78, 5) is 26.3. The summed E-state index contributed by atoms with van der Waals surface area (Å²) < 4.78 is 0. The molecule has 3 rings (SSSR count). The highest BCUT2D eigenvalue weighted by Crippen LogP contribution is 2.29. The number of hydrogen-bond acceptors (Lipinski definition) is 4. The van der Waals surface area contributed by atoms with Gasteiger partial charge in [-0.05, 0) is 49.1 Å². The first-order valence-electron chi connectivity index (χ1n) is 6.76. The van der Waals surface area contributed by atoms with E-state index in [9.17, 15) is 9.59 Å². The largest absolute Gasteiger partial charge is 0.378 e. The van der Waals surface area contributed by atoms with Crippen molar-refractivity contribution in [1.82, 2.24) is 4.90 Å². The molecule has 1 aromatic carbocycles. The molecule has 0 saturated heterocycles. The Hall–Kier alpha value is -2.14. The van der Waals surface area contributed by atoms with E-state index in [1.54, 1.807) is 23.5 Å². The van der Waals surface area contributed by atoms with Crippen LogP contribution < -0.4 is 5.32 Å². The number of amides is 2. The number of nitrogens with zero attached hydrogens (tertiary/aromatic N) is 1. The maximum Gasteiger partial charge on any atom is 0.261 e. The lowest BCUT2D eigenvalue weighted by atomic mass is 10.1. The Labute approximate surface area is 127 Å². The molecule has 5 heteroatoms. The van der Waals surface area contributed by atoms with Crippen molar-refractivity contribution < 1.29 is 9.59 Å². The van der Waals surface area contributed by atoms with E-state index in [0.717, 1.165) is 10.6 Å². The predicted octanol–water partition coefficient (Wildman–Crippen LogP) is 3.46. The van der Waals surface area contributed by atoms with Crippen LogP contribution in [0.5, 0.6) is 0 Å². The third kappa shape index (κ3) is 2.23. The lowest BCUT2D eigenvalue weighted by Crippen LogP contribution is -2.24. The molecule has 2 heterocycles. The first kappa shape index (κ1) is 13.8. The Kier molecular flexibility index (Phi) is 3.29. The standard InChI is InChI=1S/C16H16N2O2S/c1-9-6-7-21-14(9)10(2)17-11-4-5-12-13(8-11)16(20)18(3)15(12)19/h4-8,10,17H,1-3H3. The fourth-order valence-corrected chi connectivity index (χ4v) is 3.53. The molecule has 1 N–H and O–H groups in total. The van der Waals surface area contributed by atoms with Gasteiger partial charge < -0.3 is 5.32 Å². The molecule has 0 saturated carbocycles. The van der Waals surface area contributed by atoms with Gasteiger partial charge in [0.1, 0.15) is 0 Å². The van der Waals surface area contributed by atoms with Crippen molar-refractivity contribution in [3.63, 3.8) is 0 Å². The summed E-state index contributed by atoms with van der Waals surface area (Å²) in [6, 6.07) is 7.59. The number of anilines is 1. The highest BCUT2D eigenvalue weighted by molar-refractivity contribution is 7.10. The summed E-state index contributed by atoms with van der Waals surface area (Å²) in [5.41, 5.74) is 3.06. The van der Waals surface area contributed by atoms with Crippen LogP contribution in [0.4, 0.5) is 5.69 Å². The number of thiophene rings is 1. The molecule has 1 atom stereocenters. The van der Waals surface area contributed by atoms with E-state index in [0.29, 0.717) is 11.1 Å². The van der Waals surface area contributed by atoms with Gasteiger partial charge in [-0.3, -0.25) is 14.5 Å². The van der Waals surface area contributed by atoms with Gasteiger partial charge in [0.05, 0.1) is 17.2 Å². The second-order valence-corrected chi connectivity index (χ2v) is 6.21. The second kappa shape index (κ2) is 5.00. The summed E-state index contributed by atoms with van der Waals surface area (Å²) in [6.45, 7) is 4.18. The zero-order chi connectivity index (χ0) is 15.1. The van der Waals surface area contributed by atoms with Crippen molar-refractivity contribution in [3.8, 4) is 0 Å². The number of rotatable bonds is 3. The Morgan fingerprint density at radius 3 is 2.52 bits per heavy atom. The molecule has 21 heavy (non-hydrogen) atoms. The number of fused-ring (bicyclic) bond motifs is 1. The number of nitrogens with one attached hydrogen (secondary N) is 1. The molecule has 2 amide bonds. The maximum absolute atomic E-state index is 12.0. The monoisotopic (exact) mass is 300 g/mol. The molecule has 2 aromatic rings. The number of hydrogen-bond donors (Lipinski definition) is 1. The van der Waals surface area contributed by atoms with Crippen LogP contribution in [0.1, 0.15) is 44.1 Å². The van der Waals surface area contributed by atoms with Crippen molar-refractivity contribution in [2.24, 2.45) is 0 Å². The van der Waals surface area contributed by atoms with E-state index in [1.165, 1.54) is 17.5 Å². The molecule has 4 nitrogen and oxygen atoms in total. The van der Waals surface area contributed by atoms with Gasteiger partial charge in [0.25, 0.3) is 11.8 Å². The minimum absolute atomic E-state index is 0.160. The molecule has 1 aromatic heterocycles. The van der Waals surface area contributed by atoms with Crippen molar-refractivity contribution >= 4 is 28.8 Å². The van der Waals surface area contributed by atoms with E-state index in [2.05, 4.69) is 30.6 Å². The van der Waals surface area contributed by atoms with E-state index in [-0.39, 0.29) is 17.9 Å². The average Bonchev–Trinajstić information content (AvgIpc) is 2.98. The fourth-order valence-electron chi connectivity index (χ4n) is 2.59. The first-order valence-corrected chi connectivity index (χ1v) is 7.64. The van der Waals surface area contributed by atoms with Gasteiger partial charge in [-0.1, -0.05) is 0 Å². The average molecular weight is 300 g/mol. The molecular formula is C16H16N2O2S. The van der Waals surface area contributed by atoms with Crippen LogP contribution in [0.2, 0.25) is 0 Å². The van der Waals surface area contributed by atoms with Crippen molar-refractivity contribution in [1.29, 1.82) is 0 Å². The van der Waals surface area contributed by atoms with Crippen molar-refractivity contribution in [2.45, 2.75) is 19.9 Å². The maximum atomic E-state index is 12.0. The van der Waals surface area contributed by atoms with Gasteiger partial charge in [0.2, 0.25) is 0 Å². The molecule has 0 bridgehead atoms. The lowest BCUT2D eigenvalue weighted by Gasteiger charge is -2.15. The van der Waals surface area contributed by atoms with E-state index in [1.807, 2.05) is 6.07 Å². The van der Waals surface area contributed by atoms with Gasteiger partial charge >= 0.3 is 0 Å². The van der Waals surface area contributed by atoms with Gasteiger partial charge in [-0.2, -0.15) is 0 Å². The zero-order valence-electron chi connectivity index (χ0n) is 12.1. The molecular weight excluding hydrogens is 284 g/mol. The highest BCUT2D eigenvalue weighted by atomic mass is 32.1. The third-order valence-electron chi connectivity index (χ3n) is 3.77. The summed E-state index contributed by atoms with van der Waals surface area (Å²) in [7, 11) is 1.51. The third-order valence-corrected chi connectivity index (χ3v) is 4.97. The molecule has 1 aliphatic heterocycles. The Morgan fingerprint density at radius 2 is 1.86 bits per heavy atom. The van der Waals surface area contributed by atoms with E-state index >= 15 is 0 Å². The van der Waals surface area contributed by atoms with Gasteiger partial charge in [-0.15, -0.1) is 11.3 Å². The Morgan fingerprint density at radius 1 is 1.14 bits per heavy atom. The smallest absolute Gasteiger partial charge is 0.261 e. The Balaban J connectivity index is 1.88. The normalized spacial score (nSPS) is 15.3. The van der Waals surface area contributed by atoms with Crippen LogP contribution >= 0.6 is 11.3 Å². The number of carbonyl (C=O) groups is 2. The van der Waals surface area contributed by atoms with Gasteiger partial charge in [0.15, 0.2) is 0 Å². The van der Waals surface area contributed by atoms with Crippen LogP contribution in [0.25, 0.3) is 0 Å². The topological polar surface area (TPSA) is 49.4 Å². The fraction of sp³-hybridized carbons (Fsp3) is 0.250. The van der Waals surface area contributed by atoms with Crippen molar-refractivity contribution in [3.05, 3.63) is 51.2 Å². The van der Waals surface area contributed by atoms with Crippen LogP contribution in [-0.2, 0) is 0 Å². The quantitative estimate of drug-likeness (QED) is 0.883. The summed E-state index contributed by atoms with van der Waals surface area (Å²) in [5, 5.41) is 5.47. The van der Waals surface area contributed by atoms with Gasteiger partial charge in [-0.25, -0.2) is 0 Å². The van der Waals surface area contributed by atoms with Crippen LogP contribution in [0.15, 0.2) is 29.6 Å². The van der Waals surface area contributed by atoms with Crippen molar-refractivity contribution in [2.75, 3.05) is 12.4 Å². The Bertz CT molecular complexity index is 736. The second-order valence-electron chi connectivity index (χ2n) is 5.26. The zero-order valence-corrected chi connectivity index (χ0v) is 13.0. The molecule has 108 valence electrons. The minimum atomic E-state index is -0.237. The number of benzene rings is 1. The minimum Gasteiger partial charge on any atom is -0.378 e. The molecule has 0 radical (unpaired) electrons. The van der Waals surface area contributed by atoms with Crippen LogP contribution in [0, 0.1) is 6.92 Å². The molecule has 1 unspecified atom stereocenters. The van der Waals surface area contributed by atoms with E-state index in [4.69, 9.17) is 0 Å². The van der Waals surface area contributed by atoms with Crippen LogP contribution in [0.3, 0.4) is 0 Å². The predicted molar refractivity (Wildman–Crippen MR) is 84.0 cm³/mol. The highest BCUT2D eigenvalue weighted by Gasteiger charge is 2.32. The van der Waals surface area contributed by atoms with E-state index < -0.39 is 0 Å². The summed E-state index contributed by atoms with van der Waals surface area (Å²) in [6.07, 6.45) is 0. The molecule has 0 fully saturated rings. The lowest BCUT2D eigenvalue weighted by molar-refractivity contribution is 0.0693. The summed E-state index contributed by atoms with van der Waals surface area (Å²) >= 11 is 1.71. The number of aryl methyl sites for hydroxylation is 1. The number of imide groups is 1. The van der Waals surface area contributed by atoms with Crippen LogP contribution in [-0.4, -0.2) is 23.8 Å².